The van der Waals surface area contributed by atoms with Crippen molar-refractivity contribution in [2.75, 3.05) is 12.8 Å². The number of esters is 1. The first-order valence-corrected chi connectivity index (χ1v) is 6.79. The number of hydrogen-bond donors (Lipinski definition) is 1. The molecule has 0 aromatic heterocycles. The van der Waals surface area contributed by atoms with E-state index in [0.29, 0.717) is 27.8 Å². The number of benzene rings is 2. The summed E-state index contributed by atoms with van der Waals surface area (Å²) in [4.78, 5) is 11.5. The fourth-order valence-electron chi connectivity index (χ4n) is 1.54. The summed E-state index contributed by atoms with van der Waals surface area (Å²) in [5.74, 6) is 0.331. The second kappa shape index (κ2) is 6.15. The molecule has 0 heterocycles. The van der Waals surface area contributed by atoms with Gasteiger partial charge in [-0.05, 0) is 36.4 Å². The van der Waals surface area contributed by atoms with Gasteiger partial charge in [-0.1, -0.05) is 27.5 Å². The molecule has 2 N–H and O–H groups in total. The smallest absolute Gasteiger partial charge is 0.337 e. The number of hydrogen-bond acceptors (Lipinski definition) is 4. The van der Waals surface area contributed by atoms with Gasteiger partial charge in [-0.2, -0.15) is 0 Å². The van der Waals surface area contributed by atoms with E-state index in [9.17, 15) is 4.79 Å². The lowest BCUT2D eigenvalue weighted by Gasteiger charge is -2.11. The van der Waals surface area contributed by atoms with Crippen LogP contribution in [0.15, 0.2) is 40.9 Å². The summed E-state index contributed by atoms with van der Waals surface area (Å²) in [7, 11) is 1.31. The predicted octanol–water partition coefficient (Wildman–Crippen LogP) is 4.26. The molecular formula is C14H11BrClNO3. The molecule has 0 radical (unpaired) electrons. The van der Waals surface area contributed by atoms with Crippen molar-refractivity contribution in [3.8, 4) is 11.5 Å². The standard InChI is InChI=1S/C14H11BrClNO3/c1-19-14(18)8-2-4-11(17)13(6-8)20-12-5-3-9(15)7-10(12)16/h2-7H,17H2,1H3. The van der Waals surface area contributed by atoms with Crippen molar-refractivity contribution >= 4 is 39.2 Å². The maximum absolute atomic E-state index is 11.5. The summed E-state index contributed by atoms with van der Waals surface area (Å²) in [6.45, 7) is 0. The van der Waals surface area contributed by atoms with E-state index in [4.69, 9.17) is 22.1 Å². The lowest BCUT2D eigenvalue weighted by atomic mass is 10.2. The summed E-state index contributed by atoms with van der Waals surface area (Å²) in [5.41, 5.74) is 6.58. The molecule has 0 bridgehead atoms. The van der Waals surface area contributed by atoms with Crippen LogP contribution < -0.4 is 10.5 Å². The Bertz CT molecular complexity index is 661. The highest BCUT2D eigenvalue weighted by molar-refractivity contribution is 9.10. The second-order valence-electron chi connectivity index (χ2n) is 3.92. The molecule has 0 saturated heterocycles. The van der Waals surface area contributed by atoms with Crippen molar-refractivity contribution < 1.29 is 14.3 Å². The van der Waals surface area contributed by atoms with Crippen LogP contribution >= 0.6 is 27.5 Å². The third-order valence-corrected chi connectivity index (χ3v) is 3.34. The maximum atomic E-state index is 11.5. The van der Waals surface area contributed by atoms with Crippen molar-refractivity contribution in [2.45, 2.75) is 0 Å². The van der Waals surface area contributed by atoms with Crippen molar-refractivity contribution in [1.29, 1.82) is 0 Å². The van der Waals surface area contributed by atoms with Gasteiger partial charge < -0.3 is 15.2 Å². The van der Waals surface area contributed by atoms with Crippen LogP contribution in [0.25, 0.3) is 0 Å². The minimum atomic E-state index is -0.461. The number of anilines is 1. The molecule has 0 atom stereocenters. The Morgan fingerprint density at radius 3 is 2.60 bits per heavy atom. The molecule has 0 aliphatic rings. The van der Waals surface area contributed by atoms with Crippen molar-refractivity contribution in [1.82, 2.24) is 0 Å². The molecule has 0 amide bonds. The van der Waals surface area contributed by atoms with Gasteiger partial charge in [0, 0.05) is 4.47 Å². The van der Waals surface area contributed by atoms with Crippen LogP contribution in [-0.2, 0) is 4.74 Å². The number of methoxy groups -OCH3 is 1. The van der Waals surface area contributed by atoms with Gasteiger partial charge in [0.05, 0.1) is 23.4 Å². The lowest BCUT2D eigenvalue weighted by molar-refractivity contribution is 0.0600. The zero-order chi connectivity index (χ0) is 14.7. The summed E-state index contributed by atoms with van der Waals surface area (Å²) in [6, 6.07) is 9.86. The molecule has 0 unspecified atom stereocenters. The lowest BCUT2D eigenvalue weighted by Crippen LogP contribution is -2.02. The van der Waals surface area contributed by atoms with Crippen molar-refractivity contribution in [3.63, 3.8) is 0 Å². The number of carbonyl (C=O) groups is 1. The van der Waals surface area contributed by atoms with E-state index >= 15 is 0 Å². The number of nitrogen functional groups attached to an aromatic ring is 1. The van der Waals surface area contributed by atoms with Crippen LogP contribution in [0.1, 0.15) is 10.4 Å². The molecule has 4 nitrogen and oxygen atoms in total. The zero-order valence-electron chi connectivity index (χ0n) is 10.5. The SMILES string of the molecule is COC(=O)c1ccc(N)c(Oc2ccc(Br)cc2Cl)c1. The molecule has 0 aliphatic heterocycles. The van der Waals surface area contributed by atoms with Crippen LogP contribution in [0.5, 0.6) is 11.5 Å². The van der Waals surface area contributed by atoms with Crippen LogP contribution in [0.3, 0.4) is 0 Å². The average molecular weight is 357 g/mol. The molecule has 20 heavy (non-hydrogen) atoms. The number of halogens is 2. The van der Waals surface area contributed by atoms with Crippen LogP contribution in [0, 0.1) is 0 Å². The van der Waals surface area contributed by atoms with E-state index in [1.165, 1.54) is 13.2 Å². The van der Waals surface area contributed by atoms with E-state index in [-0.39, 0.29) is 0 Å². The highest BCUT2D eigenvalue weighted by Gasteiger charge is 2.11. The first kappa shape index (κ1) is 14.7. The normalized spacial score (nSPS) is 10.2. The van der Waals surface area contributed by atoms with Gasteiger partial charge in [0.2, 0.25) is 0 Å². The molecule has 6 heteroatoms. The predicted molar refractivity (Wildman–Crippen MR) is 81.4 cm³/mol. The third-order valence-electron chi connectivity index (χ3n) is 2.55. The summed E-state index contributed by atoms with van der Waals surface area (Å²) in [5, 5.41) is 0.433. The van der Waals surface area contributed by atoms with Gasteiger partial charge in [-0.15, -0.1) is 0 Å². The van der Waals surface area contributed by atoms with Crippen LogP contribution in [0.2, 0.25) is 5.02 Å². The Morgan fingerprint density at radius 1 is 1.20 bits per heavy atom. The van der Waals surface area contributed by atoms with Gasteiger partial charge in [-0.3, -0.25) is 0 Å². The van der Waals surface area contributed by atoms with E-state index in [1.807, 2.05) is 0 Å². The monoisotopic (exact) mass is 355 g/mol. The molecule has 0 spiro atoms. The quantitative estimate of drug-likeness (QED) is 0.659. The van der Waals surface area contributed by atoms with E-state index < -0.39 is 5.97 Å². The minimum absolute atomic E-state index is 0.345. The first-order chi connectivity index (χ1) is 9.51. The Hall–Kier alpha value is -1.72. The van der Waals surface area contributed by atoms with Crippen molar-refractivity contribution in [2.24, 2.45) is 0 Å². The second-order valence-corrected chi connectivity index (χ2v) is 5.24. The molecular weight excluding hydrogens is 346 g/mol. The third kappa shape index (κ3) is 3.23. The van der Waals surface area contributed by atoms with E-state index in [2.05, 4.69) is 20.7 Å². The van der Waals surface area contributed by atoms with Gasteiger partial charge in [0.15, 0.2) is 5.75 Å². The minimum Gasteiger partial charge on any atom is -0.465 e. The maximum Gasteiger partial charge on any atom is 0.337 e. The fraction of sp³-hybridized carbons (Fsp3) is 0.0714. The van der Waals surface area contributed by atoms with Gasteiger partial charge in [0.25, 0.3) is 0 Å². The van der Waals surface area contributed by atoms with E-state index in [0.717, 1.165) is 4.47 Å². The van der Waals surface area contributed by atoms with Crippen LogP contribution in [0.4, 0.5) is 5.69 Å². The Labute approximate surface area is 129 Å². The summed E-state index contributed by atoms with van der Waals surface area (Å²) in [6.07, 6.45) is 0. The fourth-order valence-corrected chi connectivity index (χ4v) is 2.26. The molecule has 2 rings (SSSR count). The number of rotatable bonds is 3. The van der Waals surface area contributed by atoms with Crippen LogP contribution in [-0.4, -0.2) is 13.1 Å². The average Bonchev–Trinajstić information content (AvgIpc) is 2.43. The Kier molecular flexibility index (Phi) is 4.52. The van der Waals surface area contributed by atoms with E-state index in [1.54, 1.807) is 30.3 Å². The largest absolute Gasteiger partial charge is 0.465 e. The van der Waals surface area contributed by atoms with Gasteiger partial charge in [0.1, 0.15) is 5.75 Å². The highest BCUT2D eigenvalue weighted by Crippen LogP contribution is 2.34. The summed E-state index contributed by atoms with van der Waals surface area (Å²) < 4.78 is 11.1. The molecule has 0 aliphatic carbocycles. The first-order valence-electron chi connectivity index (χ1n) is 5.62. The zero-order valence-corrected chi connectivity index (χ0v) is 12.9. The number of ether oxygens (including phenoxy) is 2. The molecule has 104 valence electrons. The topological polar surface area (TPSA) is 61.5 Å². The number of nitrogens with two attached hydrogens (primary N) is 1. The number of carbonyl (C=O) groups excluding carboxylic acids is 1. The summed E-state index contributed by atoms with van der Waals surface area (Å²) >= 11 is 9.38. The van der Waals surface area contributed by atoms with Crippen molar-refractivity contribution in [3.05, 3.63) is 51.5 Å². The molecule has 0 saturated carbocycles. The Morgan fingerprint density at radius 2 is 1.95 bits per heavy atom. The molecule has 2 aromatic rings. The van der Waals surface area contributed by atoms with Gasteiger partial charge in [-0.25, -0.2) is 4.79 Å². The highest BCUT2D eigenvalue weighted by atomic mass is 79.9. The molecule has 2 aromatic carbocycles. The van der Waals surface area contributed by atoms with Gasteiger partial charge >= 0.3 is 5.97 Å². The molecule has 0 fully saturated rings. The Balaban J connectivity index is 2.35.